The Hall–Kier alpha value is -3.23. The zero-order valence-corrected chi connectivity index (χ0v) is 24.4. The highest BCUT2D eigenvalue weighted by Gasteiger charge is 2.57. The number of amides is 1. The number of benzene rings is 3. The molecule has 3 aromatic carbocycles. The van der Waals surface area contributed by atoms with E-state index in [0.717, 1.165) is 12.8 Å². The van der Waals surface area contributed by atoms with Crippen LogP contribution in [0.2, 0.25) is 10.0 Å². The number of ether oxygens (including phenoxy) is 2. The minimum Gasteiger partial charge on any atom is -0.466 e. The van der Waals surface area contributed by atoms with E-state index in [0.29, 0.717) is 37.9 Å². The molecule has 5 rings (SSSR count). The Morgan fingerprint density at radius 2 is 1.63 bits per heavy atom. The summed E-state index contributed by atoms with van der Waals surface area (Å²) in [6, 6.07) is 18.1. The maximum atomic E-state index is 14.5. The van der Waals surface area contributed by atoms with Gasteiger partial charge in [0.15, 0.2) is 11.5 Å². The Morgan fingerprint density at radius 3 is 2.20 bits per heavy atom. The number of carbonyl (C=O) groups is 3. The van der Waals surface area contributed by atoms with Crippen LogP contribution in [-0.4, -0.2) is 47.5 Å². The number of aliphatic hydroxyl groups is 1. The summed E-state index contributed by atoms with van der Waals surface area (Å²) in [7, 11) is 0. The van der Waals surface area contributed by atoms with Crippen LogP contribution in [0.15, 0.2) is 66.7 Å². The highest BCUT2D eigenvalue weighted by atomic mass is 35.5. The van der Waals surface area contributed by atoms with Gasteiger partial charge in [-0.3, -0.25) is 19.3 Å². The first kappa shape index (κ1) is 29.3. The second kappa shape index (κ2) is 11.6. The summed E-state index contributed by atoms with van der Waals surface area (Å²) >= 11 is 12.5. The molecule has 1 heterocycles. The number of fused-ring (bicyclic) bond motifs is 1. The van der Waals surface area contributed by atoms with Crippen LogP contribution in [0.1, 0.15) is 76.6 Å². The average molecular weight is 597 g/mol. The molecule has 7 nitrogen and oxygen atoms in total. The fourth-order valence-electron chi connectivity index (χ4n) is 5.40. The molecule has 2 aliphatic rings. The predicted molar refractivity (Wildman–Crippen MR) is 155 cm³/mol. The van der Waals surface area contributed by atoms with Crippen LogP contribution >= 0.6 is 23.2 Å². The van der Waals surface area contributed by atoms with Crippen molar-refractivity contribution < 1.29 is 29.0 Å². The van der Waals surface area contributed by atoms with E-state index in [4.69, 9.17) is 32.7 Å². The zero-order valence-electron chi connectivity index (χ0n) is 22.9. The number of rotatable bonds is 11. The maximum absolute atomic E-state index is 14.5. The van der Waals surface area contributed by atoms with Gasteiger partial charge in [-0.2, -0.15) is 0 Å². The number of hydrogen-bond acceptors (Lipinski definition) is 6. The van der Waals surface area contributed by atoms with Crippen LogP contribution < -0.4 is 0 Å². The normalized spacial score (nSPS) is 19.5. The van der Waals surface area contributed by atoms with Crippen molar-refractivity contribution in [1.29, 1.82) is 0 Å². The third kappa shape index (κ3) is 5.52. The molecule has 1 aliphatic carbocycles. The molecule has 41 heavy (non-hydrogen) atoms. The van der Waals surface area contributed by atoms with E-state index < -0.39 is 29.1 Å². The smallest absolute Gasteiger partial charge is 0.308 e. The van der Waals surface area contributed by atoms with E-state index in [1.165, 1.54) is 6.92 Å². The zero-order chi connectivity index (χ0) is 29.4. The first-order chi connectivity index (χ1) is 19.6. The number of halogens is 2. The van der Waals surface area contributed by atoms with Gasteiger partial charge in [0.05, 0.1) is 32.3 Å². The van der Waals surface area contributed by atoms with E-state index in [1.807, 2.05) is 0 Å². The van der Waals surface area contributed by atoms with Crippen molar-refractivity contribution in [2.75, 3.05) is 19.8 Å². The van der Waals surface area contributed by atoms with Gasteiger partial charge in [0.2, 0.25) is 0 Å². The molecule has 0 radical (unpaired) electrons. The van der Waals surface area contributed by atoms with Gasteiger partial charge in [-0.25, -0.2) is 0 Å². The SMILES string of the molecule is CCOC(=O)C[C@@H](c1ccc(Cl)cc1)N1C(=O)c2cc(C(C)=O)ccc2[C@]1(OCC1(CO)CC1)c1ccc(Cl)cc1. The lowest BCUT2D eigenvalue weighted by Gasteiger charge is -2.44. The van der Waals surface area contributed by atoms with Crippen LogP contribution in [0.5, 0.6) is 0 Å². The summed E-state index contributed by atoms with van der Waals surface area (Å²) in [5.74, 6) is -1.08. The summed E-state index contributed by atoms with van der Waals surface area (Å²) in [5.41, 5.74) is 0.546. The standard InChI is InChI=1S/C32H31Cl2NO6/c1-3-40-29(38)17-28(21-4-9-24(33)10-5-21)35-30(39)26-16-22(20(2)37)6-13-27(26)32(35,23-7-11-25(34)12-8-23)41-19-31(18-36)14-15-31/h4-13,16,28,36H,3,14-15,17-19H2,1-2H3/t28-,32+/m0/s1. The van der Waals surface area contributed by atoms with Gasteiger partial charge < -0.3 is 14.6 Å². The minimum absolute atomic E-state index is 0.0583. The molecule has 1 saturated carbocycles. The Morgan fingerprint density at radius 1 is 1.00 bits per heavy atom. The lowest BCUT2D eigenvalue weighted by Crippen LogP contribution is -2.50. The third-order valence-electron chi connectivity index (χ3n) is 7.93. The number of Topliss-reactive ketones (excluding diaryl/α,β-unsaturated/α-hetero) is 1. The topological polar surface area (TPSA) is 93.1 Å². The quantitative estimate of drug-likeness (QED) is 0.205. The summed E-state index contributed by atoms with van der Waals surface area (Å²) in [5, 5.41) is 11.1. The molecule has 1 amide bonds. The van der Waals surface area contributed by atoms with Crippen LogP contribution in [0.25, 0.3) is 0 Å². The third-order valence-corrected chi connectivity index (χ3v) is 8.43. The first-order valence-electron chi connectivity index (χ1n) is 13.6. The lowest BCUT2D eigenvalue weighted by molar-refractivity contribution is -0.154. The van der Waals surface area contributed by atoms with E-state index in [1.54, 1.807) is 78.6 Å². The molecule has 1 aliphatic heterocycles. The maximum Gasteiger partial charge on any atom is 0.308 e. The van der Waals surface area contributed by atoms with Gasteiger partial charge in [0.1, 0.15) is 0 Å². The van der Waals surface area contributed by atoms with Crippen LogP contribution in [-0.2, 0) is 20.0 Å². The summed E-state index contributed by atoms with van der Waals surface area (Å²) in [6.45, 7) is 3.45. The van der Waals surface area contributed by atoms with Crippen molar-refractivity contribution in [3.05, 3.63) is 105 Å². The van der Waals surface area contributed by atoms with Crippen LogP contribution in [0.3, 0.4) is 0 Å². The number of ketones is 1. The van der Waals surface area contributed by atoms with Crippen molar-refractivity contribution >= 4 is 40.9 Å². The second-order valence-corrected chi connectivity index (χ2v) is 11.5. The van der Waals surface area contributed by atoms with Crippen molar-refractivity contribution in [3.63, 3.8) is 0 Å². The summed E-state index contributed by atoms with van der Waals surface area (Å²) in [6.07, 6.45) is 1.42. The fourth-order valence-corrected chi connectivity index (χ4v) is 5.66. The molecule has 0 saturated heterocycles. The van der Waals surface area contributed by atoms with Crippen molar-refractivity contribution in [1.82, 2.24) is 4.90 Å². The molecule has 1 fully saturated rings. The van der Waals surface area contributed by atoms with E-state index in [2.05, 4.69) is 0 Å². The average Bonchev–Trinajstić information content (AvgIpc) is 3.71. The molecular weight excluding hydrogens is 565 g/mol. The Labute approximate surface area is 249 Å². The van der Waals surface area contributed by atoms with Crippen molar-refractivity contribution in [3.8, 4) is 0 Å². The molecule has 0 bridgehead atoms. The summed E-state index contributed by atoms with van der Waals surface area (Å²) in [4.78, 5) is 41.5. The molecule has 214 valence electrons. The van der Waals surface area contributed by atoms with E-state index in [-0.39, 0.29) is 32.0 Å². The Kier molecular flexibility index (Phi) is 8.26. The van der Waals surface area contributed by atoms with Gasteiger partial charge in [-0.1, -0.05) is 59.6 Å². The molecule has 3 aromatic rings. The molecule has 0 unspecified atom stereocenters. The van der Waals surface area contributed by atoms with Crippen LogP contribution in [0, 0.1) is 5.41 Å². The largest absolute Gasteiger partial charge is 0.466 e. The van der Waals surface area contributed by atoms with Gasteiger partial charge in [-0.05, 0) is 62.6 Å². The van der Waals surface area contributed by atoms with E-state index in [9.17, 15) is 19.5 Å². The molecule has 0 aromatic heterocycles. The van der Waals surface area contributed by atoms with Crippen LogP contribution in [0.4, 0.5) is 0 Å². The van der Waals surface area contributed by atoms with Gasteiger partial charge >= 0.3 is 5.97 Å². The number of aliphatic hydroxyl groups excluding tert-OH is 1. The second-order valence-electron chi connectivity index (χ2n) is 10.7. The number of hydrogen-bond donors (Lipinski definition) is 1. The van der Waals surface area contributed by atoms with Gasteiger partial charge in [-0.15, -0.1) is 0 Å². The Balaban J connectivity index is 1.77. The molecule has 2 atom stereocenters. The monoisotopic (exact) mass is 595 g/mol. The number of esters is 1. The molecule has 1 N–H and O–H groups in total. The van der Waals surface area contributed by atoms with Gasteiger partial charge in [0, 0.05) is 37.7 Å². The fraction of sp³-hybridized carbons (Fsp3) is 0.344. The summed E-state index contributed by atoms with van der Waals surface area (Å²) < 4.78 is 12.2. The number of carbonyl (C=O) groups excluding carboxylic acids is 3. The first-order valence-corrected chi connectivity index (χ1v) is 14.3. The predicted octanol–water partition coefficient (Wildman–Crippen LogP) is 6.34. The molecule has 9 heteroatoms. The highest BCUT2D eigenvalue weighted by Crippen LogP contribution is 2.53. The molecule has 0 spiro atoms. The lowest BCUT2D eigenvalue weighted by atomic mass is 9.90. The van der Waals surface area contributed by atoms with Crippen molar-refractivity contribution in [2.24, 2.45) is 5.41 Å². The minimum atomic E-state index is -1.51. The molecular formula is C32H31Cl2NO6. The Bertz CT molecular complexity index is 1470. The van der Waals surface area contributed by atoms with Gasteiger partial charge in [0.25, 0.3) is 5.91 Å². The van der Waals surface area contributed by atoms with E-state index >= 15 is 0 Å². The van der Waals surface area contributed by atoms with Crippen molar-refractivity contribution in [2.45, 2.75) is 44.9 Å². The number of nitrogens with zero attached hydrogens (tertiary/aromatic N) is 1. The highest BCUT2D eigenvalue weighted by molar-refractivity contribution is 6.30.